The van der Waals surface area contributed by atoms with Gasteiger partial charge in [0.15, 0.2) is 17.3 Å². The summed E-state index contributed by atoms with van der Waals surface area (Å²) in [5.41, 5.74) is 8.25. The molecule has 15 heteroatoms. The maximum Gasteiger partial charge on any atom is 0.261 e. The van der Waals surface area contributed by atoms with Crippen molar-refractivity contribution in [3.05, 3.63) is 130 Å². The highest BCUT2D eigenvalue weighted by Crippen LogP contribution is 2.42. The lowest BCUT2D eigenvalue weighted by atomic mass is 9.99. The number of benzene rings is 5. The number of hydrogen-bond acceptors (Lipinski definition) is 11. The fraction of sp³-hybridized carbons (Fsp3) is 0.345. The molecule has 4 aliphatic heterocycles. The van der Waals surface area contributed by atoms with Gasteiger partial charge in [0.1, 0.15) is 24.7 Å². The summed E-state index contributed by atoms with van der Waals surface area (Å²) in [7, 11) is 1.51. The quantitative estimate of drug-likeness (QED) is 0.0761. The second-order valence-corrected chi connectivity index (χ2v) is 19.7. The third-order valence-electron chi connectivity index (χ3n) is 13.9. The first-order valence-electron chi connectivity index (χ1n) is 25.0. The molecule has 0 bridgehead atoms. The van der Waals surface area contributed by atoms with Gasteiger partial charge in [-0.1, -0.05) is 57.2 Å². The molecular formula is C58H60N6O9. The summed E-state index contributed by atoms with van der Waals surface area (Å²) in [6, 6.07) is 26.9. The SMILES string of the molecule is COc1cc2c(cc1OCc1cc(COc3cc4c(cc3C)C(=O)N3c5ccccc5C[C@H]3C=N4)cc(NC(=O)[C@H](C)CC(=O)[C@H](C)NC(=O)CCCCC(=O)C(C)C)c1)N=C[C@@H]1Cc3ccccc3N1C2=O. The van der Waals surface area contributed by atoms with Crippen LogP contribution < -0.4 is 34.6 Å². The molecule has 15 nitrogen and oxygen atoms in total. The topological polar surface area (TPSA) is 185 Å². The highest BCUT2D eigenvalue weighted by Gasteiger charge is 2.38. The maximum atomic E-state index is 14.1. The van der Waals surface area contributed by atoms with Gasteiger partial charge in [-0.2, -0.15) is 0 Å². The highest BCUT2D eigenvalue weighted by molar-refractivity contribution is 6.16. The molecule has 5 aromatic rings. The van der Waals surface area contributed by atoms with Crippen molar-refractivity contribution in [2.75, 3.05) is 22.2 Å². The van der Waals surface area contributed by atoms with Crippen molar-refractivity contribution < 1.29 is 43.0 Å². The van der Waals surface area contributed by atoms with Gasteiger partial charge < -0.3 is 24.8 Å². The van der Waals surface area contributed by atoms with Crippen molar-refractivity contribution >= 4 is 76.1 Å². The zero-order valence-corrected chi connectivity index (χ0v) is 42.0. The summed E-state index contributed by atoms with van der Waals surface area (Å²) in [6.07, 6.45) is 6.57. The van der Waals surface area contributed by atoms with E-state index in [9.17, 15) is 28.8 Å². The average molecular weight is 985 g/mol. The van der Waals surface area contributed by atoms with Crippen LogP contribution in [0.2, 0.25) is 0 Å². The number of anilines is 3. The number of rotatable bonds is 19. The number of ketones is 2. The second-order valence-electron chi connectivity index (χ2n) is 19.7. The standard InChI is InChI=1S/C58H60N6O9/c1-33(2)50(65)17-11-12-18-55(67)61-36(5)51(66)20-35(4)56(68)62-41-22-37(31-72-52-27-46-44(19-34(52)3)57(69)63-42(29-59-46)24-39-13-7-9-15-48(39)63)21-38(23-41)32-73-54-28-47-45(26-53(54)71-6)58(70)64-43(30-60-47)25-40-14-8-10-16-49(40)64/h7-10,13-16,19,21-23,26-30,33,35-36,42-43H,11-12,17-18,20,24-25,31-32H2,1-6H3,(H,61,67)(H,62,68)/t35-,36+,42+,43+/m1/s1. The molecular weight excluding hydrogens is 925 g/mol. The lowest BCUT2D eigenvalue weighted by Gasteiger charge is -2.22. The monoisotopic (exact) mass is 984 g/mol. The van der Waals surface area contributed by atoms with Crippen molar-refractivity contribution in [3.63, 3.8) is 0 Å². The number of aliphatic imine (C=N–C) groups is 2. The second kappa shape index (κ2) is 21.4. The van der Waals surface area contributed by atoms with Crippen LogP contribution in [0.5, 0.6) is 17.2 Å². The summed E-state index contributed by atoms with van der Waals surface area (Å²) < 4.78 is 18.7. The van der Waals surface area contributed by atoms with Gasteiger partial charge in [0.25, 0.3) is 11.8 Å². The molecule has 5 aromatic carbocycles. The van der Waals surface area contributed by atoms with Gasteiger partial charge >= 0.3 is 0 Å². The fourth-order valence-corrected chi connectivity index (χ4v) is 9.82. The number of unbranched alkanes of at least 4 members (excludes halogenated alkanes) is 1. The van der Waals surface area contributed by atoms with E-state index < -0.39 is 17.9 Å². The number of aryl methyl sites for hydroxylation is 1. The maximum absolute atomic E-state index is 14.1. The van der Waals surface area contributed by atoms with E-state index >= 15 is 0 Å². The Bertz CT molecular complexity index is 3090. The van der Waals surface area contributed by atoms with Crippen molar-refractivity contribution in [1.29, 1.82) is 0 Å². The van der Waals surface area contributed by atoms with Crippen molar-refractivity contribution in [2.45, 2.75) is 111 Å². The van der Waals surface area contributed by atoms with Gasteiger partial charge in [-0.15, -0.1) is 0 Å². The van der Waals surface area contributed by atoms with Gasteiger partial charge in [0.05, 0.1) is 47.7 Å². The average Bonchev–Trinajstić information content (AvgIpc) is 3.87. The summed E-state index contributed by atoms with van der Waals surface area (Å²) in [5, 5.41) is 5.72. The minimum atomic E-state index is -0.805. The number of nitrogens with one attached hydrogen (secondary N) is 2. The van der Waals surface area contributed by atoms with Crippen LogP contribution in [-0.4, -0.2) is 72.9 Å². The van der Waals surface area contributed by atoms with Crippen LogP contribution in [0.25, 0.3) is 0 Å². The van der Waals surface area contributed by atoms with Crippen LogP contribution in [-0.2, 0) is 45.2 Å². The molecule has 4 atom stereocenters. The first-order valence-corrected chi connectivity index (χ1v) is 25.0. The zero-order chi connectivity index (χ0) is 51.5. The Kier molecular flexibility index (Phi) is 14.7. The third kappa shape index (κ3) is 10.8. The molecule has 0 radical (unpaired) electrons. The van der Waals surface area contributed by atoms with E-state index in [0.29, 0.717) is 88.7 Å². The van der Waals surface area contributed by atoms with Crippen LogP contribution in [0.1, 0.15) is 108 Å². The van der Waals surface area contributed by atoms with E-state index in [1.165, 1.54) is 7.11 Å². The lowest BCUT2D eigenvalue weighted by Crippen LogP contribution is -2.39. The number of carbonyl (C=O) groups excluding carboxylic acids is 6. The molecule has 4 aliphatic rings. The van der Waals surface area contributed by atoms with Gasteiger partial charge in [-0.05, 0) is 97.0 Å². The number of hydrogen-bond donors (Lipinski definition) is 2. The van der Waals surface area contributed by atoms with Crippen LogP contribution in [0.15, 0.2) is 101 Å². The molecule has 0 spiro atoms. The minimum absolute atomic E-state index is 0.0143. The van der Waals surface area contributed by atoms with Crippen molar-refractivity contribution in [3.8, 4) is 17.2 Å². The number of fused-ring (bicyclic) bond motifs is 8. The summed E-state index contributed by atoms with van der Waals surface area (Å²) >= 11 is 0. The number of nitrogens with zero attached hydrogens (tertiary/aromatic N) is 4. The first kappa shape index (κ1) is 50.0. The van der Waals surface area contributed by atoms with Crippen LogP contribution in [0, 0.1) is 18.8 Å². The smallest absolute Gasteiger partial charge is 0.261 e. The normalized spacial score (nSPS) is 16.8. The van der Waals surface area contributed by atoms with E-state index in [0.717, 1.165) is 28.1 Å². The van der Waals surface area contributed by atoms with Crippen molar-refractivity contribution in [2.24, 2.45) is 21.8 Å². The molecule has 73 heavy (non-hydrogen) atoms. The molecule has 4 heterocycles. The molecule has 0 fully saturated rings. The van der Waals surface area contributed by atoms with E-state index in [1.807, 2.05) is 92.5 Å². The number of Topliss-reactive ketones (excluding diaryl/α,β-unsaturated/α-hetero) is 2. The minimum Gasteiger partial charge on any atom is -0.493 e. The molecule has 0 aliphatic carbocycles. The zero-order valence-electron chi connectivity index (χ0n) is 42.0. The van der Waals surface area contributed by atoms with Gasteiger partial charge in [-0.25, -0.2) is 0 Å². The van der Waals surface area contributed by atoms with E-state index in [-0.39, 0.29) is 73.3 Å². The summed E-state index contributed by atoms with van der Waals surface area (Å²) in [6.45, 7) is 8.92. The van der Waals surface area contributed by atoms with Gasteiger partial charge in [0.2, 0.25) is 11.8 Å². The van der Waals surface area contributed by atoms with Gasteiger partial charge in [0, 0.05) is 85.6 Å². The number of amides is 4. The molecule has 376 valence electrons. The molecule has 0 aromatic heterocycles. The van der Waals surface area contributed by atoms with Crippen molar-refractivity contribution in [1.82, 2.24) is 5.32 Å². The van der Waals surface area contributed by atoms with E-state index in [2.05, 4.69) is 10.6 Å². The Balaban J connectivity index is 0.917. The third-order valence-corrected chi connectivity index (χ3v) is 13.9. The molecule has 0 saturated carbocycles. The lowest BCUT2D eigenvalue weighted by molar-refractivity contribution is -0.129. The number of carbonyl (C=O) groups is 6. The largest absolute Gasteiger partial charge is 0.493 e. The fourth-order valence-electron chi connectivity index (χ4n) is 9.82. The van der Waals surface area contributed by atoms with E-state index in [1.54, 1.807) is 55.3 Å². The van der Waals surface area contributed by atoms with Crippen LogP contribution in [0.3, 0.4) is 0 Å². The molecule has 2 N–H and O–H groups in total. The summed E-state index contributed by atoms with van der Waals surface area (Å²) in [4.78, 5) is 92.8. The molecule has 0 unspecified atom stereocenters. The number of para-hydroxylation sites is 2. The highest BCUT2D eigenvalue weighted by atomic mass is 16.5. The molecule has 9 rings (SSSR count). The predicted molar refractivity (Wildman–Crippen MR) is 280 cm³/mol. The predicted octanol–water partition coefficient (Wildman–Crippen LogP) is 9.56. The Morgan fingerprint density at radius 1 is 0.671 bits per heavy atom. The number of ether oxygens (including phenoxy) is 3. The number of methoxy groups -OCH3 is 1. The Morgan fingerprint density at radius 2 is 1.22 bits per heavy atom. The molecule has 0 saturated heterocycles. The molecule has 4 amide bonds. The Morgan fingerprint density at radius 3 is 1.81 bits per heavy atom. The Hall–Kier alpha value is -7.94. The Labute approximate surface area is 425 Å². The van der Waals surface area contributed by atoms with Crippen LogP contribution in [0.4, 0.5) is 28.4 Å². The van der Waals surface area contributed by atoms with Gasteiger partial charge in [-0.3, -0.25) is 48.6 Å². The van der Waals surface area contributed by atoms with Crippen LogP contribution >= 0.6 is 0 Å². The first-order chi connectivity index (χ1) is 35.1. The summed E-state index contributed by atoms with van der Waals surface area (Å²) in [5.74, 6) is -0.710. The van der Waals surface area contributed by atoms with E-state index in [4.69, 9.17) is 24.2 Å².